The minimum Gasteiger partial charge on any atom is -0.325 e. The summed E-state index contributed by atoms with van der Waals surface area (Å²) in [5, 5.41) is 4.23. The predicted octanol–water partition coefficient (Wildman–Crippen LogP) is 6.82. The Bertz CT molecular complexity index is 1610. The number of aryl methyl sites for hydroxylation is 1. The molecular weight excluding hydrogens is 557 g/mol. The molecule has 3 amide bonds. The third-order valence-electron chi connectivity index (χ3n) is 6.15. The molecule has 0 aliphatic carbocycles. The molecule has 3 aromatic carbocycles. The lowest BCUT2D eigenvalue weighted by molar-refractivity contribution is -0.127. The number of halogens is 2. The molecule has 1 N–H and O–H groups in total. The number of amides is 3. The topological polar surface area (TPSA) is 71.4 Å². The van der Waals surface area contributed by atoms with Crippen molar-refractivity contribution in [1.82, 2.24) is 9.47 Å². The van der Waals surface area contributed by atoms with E-state index in [9.17, 15) is 18.8 Å². The maximum atomic E-state index is 13.1. The van der Waals surface area contributed by atoms with E-state index in [1.807, 2.05) is 44.2 Å². The van der Waals surface area contributed by atoms with Crippen LogP contribution in [0, 0.1) is 19.7 Å². The molecule has 0 saturated carbocycles. The van der Waals surface area contributed by atoms with Crippen LogP contribution in [0.5, 0.6) is 0 Å². The molecule has 1 aliphatic rings. The zero-order valence-electron chi connectivity index (χ0n) is 19.9. The molecule has 0 spiro atoms. The molecule has 4 aromatic rings. The Labute approximate surface area is 225 Å². The first kappa shape index (κ1) is 25.0. The molecule has 0 radical (unpaired) electrons. The van der Waals surface area contributed by atoms with Crippen LogP contribution >= 0.6 is 27.7 Å². The summed E-state index contributed by atoms with van der Waals surface area (Å²) >= 11 is 4.43. The number of hydrogen-bond acceptors (Lipinski definition) is 4. The number of fused-ring (bicyclic) bond motifs is 1. The van der Waals surface area contributed by atoms with Crippen LogP contribution in [0.15, 0.2) is 76.1 Å². The minimum absolute atomic E-state index is 0.250. The molecule has 6 nitrogen and oxygen atoms in total. The Morgan fingerprint density at radius 1 is 1.03 bits per heavy atom. The second-order valence-corrected chi connectivity index (χ2v) is 10.4. The van der Waals surface area contributed by atoms with Gasteiger partial charge < -0.3 is 9.88 Å². The van der Waals surface area contributed by atoms with Crippen molar-refractivity contribution < 1.29 is 18.8 Å². The molecule has 1 fully saturated rings. The van der Waals surface area contributed by atoms with E-state index in [0.29, 0.717) is 5.69 Å². The Morgan fingerprint density at radius 2 is 1.73 bits per heavy atom. The maximum Gasteiger partial charge on any atom is 0.294 e. The smallest absolute Gasteiger partial charge is 0.294 e. The molecule has 9 heteroatoms. The highest BCUT2D eigenvalue weighted by molar-refractivity contribution is 9.10. The van der Waals surface area contributed by atoms with Crippen molar-refractivity contribution >= 4 is 67.3 Å². The number of anilines is 1. The SMILES string of the molecule is Cc1cc(/C=C2\SC(=O)N(CC(=O)Nc3ccc(F)cc3)C2=O)c(C)n1-c1ccc(Br)c2ccccc12. The Kier molecular flexibility index (Phi) is 6.74. The van der Waals surface area contributed by atoms with Crippen molar-refractivity contribution in [2.75, 3.05) is 11.9 Å². The van der Waals surface area contributed by atoms with Gasteiger partial charge in [-0.25, -0.2) is 4.39 Å². The molecular formula is C28H21BrFN3O3S. The lowest BCUT2D eigenvalue weighted by Crippen LogP contribution is -2.36. The number of rotatable bonds is 5. The molecule has 5 rings (SSSR count). The highest BCUT2D eigenvalue weighted by atomic mass is 79.9. The number of carbonyl (C=O) groups is 3. The summed E-state index contributed by atoms with van der Waals surface area (Å²) in [7, 11) is 0. The van der Waals surface area contributed by atoms with Gasteiger partial charge in [-0.1, -0.05) is 40.2 Å². The molecule has 186 valence electrons. The normalized spacial score (nSPS) is 14.7. The number of aromatic nitrogens is 1. The number of carbonyl (C=O) groups excluding carboxylic acids is 3. The van der Waals surface area contributed by atoms with Gasteiger partial charge in [-0.2, -0.15) is 0 Å². The molecule has 37 heavy (non-hydrogen) atoms. The van der Waals surface area contributed by atoms with Gasteiger partial charge in [-0.05, 0) is 85.1 Å². The first-order chi connectivity index (χ1) is 17.7. The average molecular weight is 578 g/mol. The van der Waals surface area contributed by atoms with Crippen molar-refractivity contribution in [3.8, 4) is 5.69 Å². The Balaban J connectivity index is 1.40. The van der Waals surface area contributed by atoms with Crippen LogP contribution in [0.2, 0.25) is 0 Å². The van der Waals surface area contributed by atoms with E-state index in [2.05, 4.69) is 37.9 Å². The minimum atomic E-state index is -0.546. The summed E-state index contributed by atoms with van der Waals surface area (Å²) in [5.74, 6) is -1.50. The third kappa shape index (κ3) is 4.84. The number of benzene rings is 3. The van der Waals surface area contributed by atoms with Gasteiger partial charge in [0, 0.05) is 26.9 Å². The van der Waals surface area contributed by atoms with Gasteiger partial charge in [0.15, 0.2) is 0 Å². The first-order valence-corrected chi connectivity index (χ1v) is 13.0. The van der Waals surface area contributed by atoms with E-state index in [1.165, 1.54) is 24.3 Å². The number of hydrogen-bond donors (Lipinski definition) is 1. The van der Waals surface area contributed by atoms with E-state index in [1.54, 1.807) is 6.08 Å². The molecule has 0 unspecified atom stereocenters. The highest BCUT2D eigenvalue weighted by Crippen LogP contribution is 2.35. The van der Waals surface area contributed by atoms with Crippen LogP contribution in [0.4, 0.5) is 14.9 Å². The number of imide groups is 1. The Morgan fingerprint density at radius 3 is 2.46 bits per heavy atom. The van der Waals surface area contributed by atoms with E-state index >= 15 is 0 Å². The summed E-state index contributed by atoms with van der Waals surface area (Å²) in [6, 6.07) is 19.4. The van der Waals surface area contributed by atoms with Crippen LogP contribution in [0.1, 0.15) is 17.0 Å². The van der Waals surface area contributed by atoms with Crippen molar-refractivity contribution in [2.24, 2.45) is 0 Å². The van der Waals surface area contributed by atoms with E-state index < -0.39 is 29.4 Å². The molecule has 1 aliphatic heterocycles. The van der Waals surface area contributed by atoms with Gasteiger partial charge in [0.1, 0.15) is 12.4 Å². The van der Waals surface area contributed by atoms with Gasteiger partial charge in [0.05, 0.1) is 10.6 Å². The Hall–Kier alpha value is -3.69. The first-order valence-electron chi connectivity index (χ1n) is 11.4. The quantitative estimate of drug-likeness (QED) is 0.264. The van der Waals surface area contributed by atoms with Crippen LogP contribution in [0.3, 0.4) is 0 Å². The van der Waals surface area contributed by atoms with E-state index in [-0.39, 0.29) is 4.91 Å². The van der Waals surface area contributed by atoms with Gasteiger partial charge >= 0.3 is 0 Å². The van der Waals surface area contributed by atoms with Crippen LogP contribution in [-0.2, 0) is 9.59 Å². The fourth-order valence-electron chi connectivity index (χ4n) is 4.40. The van der Waals surface area contributed by atoms with Crippen LogP contribution in [-0.4, -0.2) is 33.1 Å². The number of nitrogens with zero attached hydrogens (tertiary/aromatic N) is 2. The lowest BCUT2D eigenvalue weighted by Gasteiger charge is -2.14. The van der Waals surface area contributed by atoms with Gasteiger partial charge in [0.2, 0.25) is 5.91 Å². The van der Waals surface area contributed by atoms with Gasteiger partial charge in [0.25, 0.3) is 11.1 Å². The summed E-state index contributed by atoms with van der Waals surface area (Å²) in [6.07, 6.45) is 1.70. The highest BCUT2D eigenvalue weighted by Gasteiger charge is 2.36. The monoisotopic (exact) mass is 577 g/mol. The molecule has 1 saturated heterocycles. The van der Waals surface area contributed by atoms with Crippen molar-refractivity contribution in [3.05, 3.63) is 98.9 Å². The molecule has 0 atom stereocenters. The van der Waals surface area contributed by atoms with Crippen LogP contribution < -0.4 is 5.32 Å². The fourth-order valence-corrected chi connectivity index (χ4v) is 5.71. The third-order valence-corrected chi connectivity index (χ3v) is 7.75. The van der Waals surface area contributed by atoms with Crippen LogP contribution in [0.25, 0.3) is 22.5 Å². The second kappa shape index (κ2) is 9.99. The molecule has 1 aromatic heterocycles. The van der Waals surface area contributed by atoms with Crippen molar-refractivity contribution in [2.45, 2.75) is 13.8 Å². The zero-order chi connectivity index (χ0) is 26.3. The molecule has 2 heterocycles. The fraction of sp³-hybridized carbons (Fsp3) is 0.107. The van der Waals surface area contributed by atoms with Crippen molar-refractivity contribution in [1.29, 1.82) is 0 Å². The second-order valence-electron chi connectivity index (χ2n) is 8.60. The predicted molar refractivity (Wildman–Crippen MR) is 148 cm³/mol. The summed E-state index contributed by atoms with van der Waals surface area (Å²) in [5.41, 5.74) is 4.10. The summed E-state index contributed by atoms with van der Waals surface area (Å²) < 4.78 is 16.2. The summed E-state index contributed by atoms with van der Waals surface area (Å²) in [4.78, 5) is 39.2. The lowest BCUT2D eigenvalue weighted by atomic mass is 10.1. The number of nitrogens with one attached hydrogen (secondary N) is 1. The standard InChI is InChI=1S/C28H21BrFN3O3S/c1-16-13-18(17(2)33(16)24-12-11-23(29)21-5-3-4-6-22(21)24)14-25-27(35)32(28(36)37-25)15-26(34)31-20-9-7-19(30)8-10-20/h3-14H,15H2,1-2H3,(H,31,34)/b25-14-. The van der Waals surface area contributed by atoms with Gasteiger partial charge in [-0.3, -0.25) is 19.3 Å². The van der Waals surface area contributed by atoms with E-state index in [0.717, 1.165) is 54.5 Å². The average Bonchev–Trinajstić information content (AvgIpc) is 3.30. The summed E-state index contributed by atoms with van der Waals surface area (Å²) in [6.45, 7) is 3.53. The molecule has 0 bridgehead atoms. The van der Waals surface area contributed by atoms with Gasteiger partial charge in [-0.15, -0.1) is 0 Å². The number of thioether (sulfide) groups is 1. The maximum absolute atomic E-state index is 13.1. The van der Waals surface area contributed by atoms with E-state index in [4.69, 9.17) is 0 Å². The van der Waals surface area contributed by atoms with Crippen molar-refractivity contribution in [3.63, 3.8) is 0 Å². The zero-order valence-corrected chi connectivity index (χ0v) is 22.3. The largest absolute Gasteiger partial charge is 0.325 e.